The van der Waals surface area contributed by atoms with Gasteiger partial charge in [-0.1, -0.05) is 24.3 Å². The fourth-order valence-corrected chi connectivity index (χ4v) is 2.89. The maximum atomic E-state index is 13.0. The van der Waals surface area contributed by atoms with Crippen molar-refractivity contribution in [3.8, 4) is 0 Å². The van der Waals surface area contributed by atoms with Crippen LogP contribution < -0.4 is 16.0 Å². The highest BCUT2D eigenvalue weighted by Gasteiger charge is 2.07. The van der Waals surface area contributed by atoms with E-state index in [-0.39, 0.29) is 11.7 Å². The summed E-state index contributed by atoms with van der Waals surface area (Å²) < 4.78 is 18.2. The van der Waals surface area contributed by atoms with Gasteiger partial charge in [0.2, 0.25) is 0 Å². The molecule has 1 amide bonds. The van der Waals surface area contributed by atoms with Gasteiger partial charge in [0.25, 0.3) is 5.91 Å². The van der Waals surface area contributed by atoms with Crippen molar-refractivity contribution in [1.29, 1.82) is 0 Å². The first-order chi connectivity index (χ1) is 14.6. The molecular weight excluding hydrogens is 383 g/mol. The molecular formula is C23H25FN4O2. The van der Waals surface area contributed by atoms with Gasteiger partial charge in [-0.25, -0.2) is 4.39 Å². The van der Waals surface area contributed by atoms with Crippen molar-refractivity contribution in [1.82, 2.24) is 16.0 Å². The molecule has 0 radical (unpaired) electrons. The van der Waals surface area contributed by atoms with Crippen molar-refractivity contribution in [2.45, 2.75) is 19.5 Å². The van der Waals surface area contributed by atoms with Gasteiger partial charge in [0.15, 0.2) is 5.96 Å². The lowest BCUT2D eigenvalue weighted by Crippen LogP contribution is -2.37. The van der Waals surface area contributed by atoms with Crippen LogP contribution in [-0.2, 0) is 19.5 Å². The molecule has 30 heavy (non-hydrogen) atoms. The van der Waals surface area contributed by atoms with Gasteiger partial charge in [0.05, 0.1) is 12.8 Å². The molecule has 1 heterocycles. The monoisotopic (exact) mass is 408 g/mol. The Morgan fingerprint density at radius 2 is 1.80 bits per heavy atom. The van der Waals surface area contributed by atoms with Crippen LogP contribution >= 0.6 is 0 Å². The summed E-state index contributed by atoms with van der Waals surface area (Å²) in [4.78, 5) is 16.6. The molecule has 7 heteroatoms. The minimum absolute atomic E-state index is 0.157. The molecule has 3 aromatic rings. The Hall–Kier alpha value is -3.61. The average Bonchev–Trinajstić information content (AvgIpc) is 3.29. The molecule has 6 nitrogen and oxygen atoms in total. The van der Waals surface area contributed by atoms with E-state index in [1.807, 2.05) is 24.3 Å². The summed E-state index contributed by atoms with van der Waals surface area (Å²) >= 11 is 0. The van der Waals surface area contributed by atoms with Crippen LogP contribution in [0.3, 0.4) is 0 Å². The van der Waals surface area contributed by atoms with Crippen LogP contribution in [0.25, 0.3) is 0 Å². The van der Waals surface area contributed by atoms with Gasteiger partial charge in [-0.15, -0.1) is 0 Å². The molecule has 156 valence electrons. The number of benzene rings is 2. The lowest BCUT2D eigenvalue weighted by Gasteiger charge is -2.12. The number of nitrogens with zero attached hydrogens (tertiary/aromatic N) is 1. The standard InChI is InChI=1S/C23H25FN4O2/c1-25-23(26-12-11-17-7-9-20(24)10-8-17)28-15-18-4-2-5-19(14-18)22(29)27-16-21-6-3-13-30-21/h2-10,13-14H,11-12,15-16H2,1H3,(H,27,29)(H2,25,26,28). The van der Waals surface area contributed by atoms with Crippen LogP contribution in [0.2, 0.25) is 0 Å². The predicted molar refractivity (Wildman–Crippen MR) is 115 cm³/mol. The molecule has 0 saturated heterocycles. The van der Waals surface area contributed by atoms with Gasteiger partial charge >= 0.3 is 0 Å². The summed E-state index contributed by atoms with van der Waals surface area (Å²) in [5.41, 5.74) is 2.59. The molecule has 0 aliphatic rings. The van der Waals surface area contributed by atoms with Gasteiger partial charge in [0.1, 0.15) is 11.6 Å². The summed E-state index contributed by atoms with van der Waals surface area (Å²) in [5.74, 6) is 0.970. The van der Waals surface area contributed by atoms with E-state index in [0.717, 1.165) is 17.5 Å². The molecule has 0 atom stereocenters. The highest BCUT2D eigenvalue weighted by atomic mass is 19.1. The number of halogens is 1. The first kappa shape index (κ1) is 21.1. The highest BCUT2D eigenvalue weighted by Crippen LogP contribution is 2.07. The predicted octanol–water partition coefficient (Wildman–Crippen LogP) is 3.26. The number of guanidine groups is 1. The number of hydrogen-bond donors (Lipinski definition) is 3. The number of rotatable bonds is 8. The SMILES string of the molecule is CN=C(NCCc1ccc(F)cc1)NCc1cccc(C(=O)NCc2ccco2)c1. The molecule has 0 saturated carbocycles. The number of carbonyl (C=O) groups is 1. The van der Waals surface area contributed by atoms with E-state index in [9.17, 15) is 9.18 Å². The van der Waals surface area contributed by atoms with Crippen LogP contribution in [0, 0.1) is 5.82 Å². The minimum atomic E-state index is -0.235. The van der Waals surface area contributed by atoms with Crippen LogP contribution in [0.5, 0.6) is 0 Å². The number of nitrogens with one attached hydrogen (secondary N) is 3. The van der Waals surface area contributed by atoms with Gasteiger partial charge < -0.3 is 20.4 Å². The number of hydrogen-bond acceptors (Lipinski definition) is 3. The van der Waals surface area contributed by atoms with E-state index < -0.39 is 0 Å². The molecule has 0 unspecified atom stereocenters. The molecule has 0 bridgehead atoms. The summed E-state index contributed by atoms with van der Waals surface area (Å²) in [6.45, 7) is 1.54. The molecule has 0 fully saturated rings. The van der Waals surface area contributed by atoms with E-state index in [1.54, 1.807) is 37.6 Å². The Balaban J connectivity index is 1.46. The van der Waals surface area contributed by atoms with E-state index in [2.05, 4.69) is 20.9 Å². The Kier molecular flexibility index (Phi) is 7.60. The van der Waals surface area contributed by atoms with Crippen molar-refractivity contribution >= 4 is 11.9 Å². The van der Waals surface area contributed by atoms with Gasteiger partial charge in [-0.3, -0.25) is 9.79 Å². The van der Waals surface area contributed by atoms with Gasteiger partial charge in [-0.05, 0) is 53.9 Å². The van der Waals surface area contributed by atoms with Crippen molar-refractivity contribution in [3.05, 3.63) is 95.2 Å². The Morgan fingerprint density at radius 3 is 2.53 bits per heavy atom. The maximum absolute atomic E-state index is 13.0. The molecule has 2 aromatic carbocycles. The zero-order chi connectivity index (χ0) is 21.2. The number of carbonyl (C=O) groups excluding carboxylic acids is 1. The fourth-order valence-electron chi connectivity index (χ4n) is 2.89. The lowest BCUT2D eigenvalue weighted by molar-refractivity contribution is 0.0948. The smallest absolute Gasteiger partial charge is 0.251 e. The Labute approximate surface area is 175 Å². The number of aliphatic imine (C=N–C) groups is 1. The normalized spacial score (nSPS) is 11.2. The lowest BCUT2D eigenvalue weighted by atomic mass is 10.1. The molecule has 3 rings (SSSR count). The molecule has 0 aliphatic carbocycles. The summed E-state index contributed by atoms with van der Waals surface area (Å²) in [7, 11) is 1.70. The first-order valence-electron chi connectivity index (χ1n) is 9.72. The molecule has 0 spiro atoms. The van der Waals surface area contributed by atoms with Gasteiger partial charge in [0, 0.05) is 25.7 Å². The van der Waals surface area contributed by atoms with Crippen molar-refractivity contribution in [3.63, 3.8) is 0 Å². The average molecular weight is 408 g/mol. The zero-order valence-electron chi connectivity index (χ0n) is 16.8. The van der Waals surface area contributed by atoms with E-state index in [4.69, 9.17) is 4.42 Å². The largest absolute Gasteiger partial charge is 0.467 e. The van der Waals surface area contributed by atoms with Crippen molar-refractivity contribution in [2.75, 3.05) is 13.6 Å². The second-order valence-electron chi connectivity index (χ2n) is 6.69. The van der Waals surface area contributed by atoms with Crippen LogP contribution in [-0.4, -0.2) is 25.5 Å². The Morgan fingerprint density at radius 1 is 0.967 bits per heavy atom. The molecule has 0 aliphatic heterocycles. The van der Waals surface area contributed by atoms with Gasteiger partial charge in [-0.2, -0.15) is 0 Å². The molecule has 3 N–H and O–H groups in total. The van der Waals surface area contributed by atoms with Crippen LogP contribution in [0.4, 0.5) is 4.39 Å². The Bertz CT molecular complexity index is 969. The van der Waals surface area contributed by atoms with Crippen molar-refractivity contribution in [2.24, 2.45) is 4.99 Å². The number of furan rings is 1. The summed E-state index contributed by atoms with van der Waals surface area (Å²) in [6, 6.07) is 17.5. The third-order valence-electron chi connectivity index (χ3n) is 4.50. The van der Waals surface area contributed by atoms with Crippen LogP contribution in [0.1, 0.15) is 27.2 Å². The van der Waals surface area contributed by atoms with E-state index in [1.165, 1.54) is 12.1 Å². The molecule has 1 aromatic heterocycles. The van der Waals surface area contributed by atoms with Crippen LogP contribution in [0.15, 0.2) is 76.3 Å². The summed E-state index contributed by atoms with van der Waals surface area (Å²) in [5, 5.41) is 9.30. The summed E-state index contributed by atoms with van der Waals surface area (Å²) in [6.07, 6.45) is 2.33. The van der Waals surface area contributed by atoms with Crippen molar-refractivity contribution < 1.29 is 13.6 Å². The second kappa shape index (κ2) is 10.8. The van der Waals surface area contributed by atoms with E-state index >= 15 is 0 Å². The zero-order valence-corrected chi connectivity index (χ0v) is 16.8. The fraction of sp³-hybridized carbons (Fsp3) is 0.217. The highest BCUT2D eigenvalue weighted by molar-refractivity contribution is 5.94. The topological polar surface area (TPSA) is 78.7 Å². The number of amides is 1. The first-order valence-corrected chi connectivity index (χ1v) is 9.72. The maximum Gasteiger partial charge on any atom is 0.251 e. The quantitative estimate of drug-likeness (QED) is 0.395. The minimum Gasteiger partial charge on any atom is -0.467 e. The third-order valence-corrected chi connectivity index (χ3v) is 4.50. The van der Waals surface area contributed by atoms with E-state index in [0.29, 0.717) is 36.9 Å². The third kappa shape index (κ3) is 6.48. The second-order valence-corrected chi connectivity index (χ2v) is 6.69.